The fourth-order valence-corrected chi connectivity index (χ4v) is 5.15. The van der Waals surface area contributed by atoms with Crippen molar-refractivity contribution >= 4 is 21.6 Å². The zero-order valence-corrected chi connectivity index (χ0v) is 17.7. The molecule has 30 heavy (non-hydrogen) atoms. The van der Waals surface area contributed by atoms with E-state index >= 15 is 0 Å². The lowest BCUT2D eigenvalue weighted by molar-refractivity contribution is 0.244. The summed E-state index contributed by atoms with van der Waals surface area (Å²) in [4.78, 5) is 12.0. The van der Waals surface area contributed by atoms with Gasteiger partial charge in [0.15, 0.2) is 11.6 Å². The predicted molar refractivity (Wildman–Crippen MR) is 115 cm³/mol. The number of benzene rings is 2. The van der Waals surface area contributed by atoms with Crippen molar-refractivity contribution in [2.24, 2.45) is 0 Å². The highest BCUT2D eigenvalue weighted by Gasteiger charge is 2.30. The normalized spacial score (nSPS) is 17.1. The zero-order valence-electron chi connectivity index (χ0n) is 16.9. The molecule has 0 saturated carbocycles. The fraction of sp³-hybridized carbons (Fsp3) is 0.304. The molecule has 7 heteroatoms. The van der Waals surface area contributed by atoms with Crippen LogP contribution < -0.4 is 4.74 Å². The maximum atomic E-state index is 13.7. The molecule has 4 aromatic rings. The Morgan fingerprint density at radius 3 is 2.93 bits per heavy atom. The van der Waals surface area contributed by atoms with E-state index in [0.29, 0.717) is 24.0 Å². The Balaban J connectivity index is 1.40. The van der Waals surface area contributed by atoms with Crippen LogP contribution in [0.3, 0.4) is 0 Å². The molecule has 0 aliphatic carbocycles. The average Bonchev–Trinajstić information content (AvgIpc) is 3.47. The molecule has 1 aliphatic rings. The van der Waals surface area contributed by atoms with E-state index in [4.69, 9.17) is 19.1 Å². The maximum Gasteiger partial charge on any atom is 0.226 e. The molecule has 1 unspecified atom stereocenters. The summed E-state index contributed by atoms with van der Waals surface area (Å²) in [6.45, 7) is 3.64. The van der Waals surface area contributed by atoms with E-state index in [0.717, 1.165) is 36.4 Å². The molecule has 0 amide bonds. The van der Waals surface area contributed by atoms with E-state index in [1.807, 2.05) is 13.0 Å². The number of oxazole rings is 1. The van der Waals surface area contributed by atoms with Crippen LogP contribution in [0, 0.1) is 12.7 Å². The van der Waals surface area contributed by atoms with Crippen LogP contribution in [0.15, 0.2) is 46.9 Å². The van der Waals surface area contributed by atoms with E-state index in [1.54, 1.807) is 23.5 Å². The Hall–Kier alpha value is -2.77. The van der Waals surface area contributed by atoms with Gasteiger partial charge in [0, 0.05) is 12.1 Å². The van der Waals surface area contributed by atoms with Crippen LogP contribution in [-0.2, 0) is 6.54 Å². The smallest absolute Gasteiger partial charge is 0.226 e. The summed E-state index contributed by atoms with van der Waals surface area (Å²) in [5, 5.41) is 1.17. The number of nitrogens with zero attached hydrogens (tertiary/aromatic N) is 3. The van der Waals surface area contributed by atoms with Gasteiger partial charge in [0.2, 0.25) is 5.89 Å². The van der Waals surface area contributed by atoms with Crippen LogP contribution >= 0.6 is 11.3 Å². The quantitative estimate of drug-likeness (QED) is 0.409. The zero-order chi connectivity index (χ0) is 20.7. The van der Waals surface area contributed by atoms with E-state index in [1.165, 1.54) is 22.9 Å². The summed E-state index contributed by atoms with van der Waals surface area (Å²) in [5.74, 6) is 1.04. The number of rotatable bonds is 5. The summed E-state index contributed by atoms with van der Waals surface area (Å²) in [5.41, 5.74) is 2.67. The Bertz CT molecular complexity index is 1170. The third-order valence-corrected chi connectivity index (χ3v) is 6.74. The minimum absolute atomic E-state index is 0.181. The lowest BCUT2D eigenvalue weighted by Gasteiger charge is -2.21. The predicted octanol–water partition coefficient (Wildman–Crippen LogP) is 5.74. The second kappa shape index (κ2) is 7.81. The number of methoxy groups -OCH3 is 1. The van der Waals surface area contributed by atoms with Gasteiger partial charge >= 0.3 is 0 Å². The van der Waals surface area contributed by atoms with Crippen LogP contribution in [0.1, 0.15) is 35.3 Å². The number of aryl methyl sites for hydroxylation is 1. The summed E-state index contributed by atoms with van der Waals surface area (Å²) in [7, 11) is 1.45. The monoisotopic (exact) mass is 423 g/mol. The molecule has 0 radical (unpaired) electrons. The minimum atomic E-state index is -0.402. The van der Waals surface area contributed by atoms with Gasteiger partial charge in [0.1, 0.15) is 10.8 Å². The SMILES string of the molecule is COc1cc(-c2nc(CN3CCCC3c3nc4ccccc4s3)c(C)o2)ccc1F. The standard InChI is InChI=1S/C23H22FN3O2S/c1-14-18(25-22(29-14)15-9-10-16(24)20(12-15)28-2)13-27-11-5-7-19(27)23-26-17-6-3-4-8-21(17)30-23/h3-4,6,8-10,12,19H,5,7,11,13H2,1-2H3. The molecule has 0 N–H and O–H groups in total. The van der Waals surface area contributed by atoms with Crippen LogP contribution in [0.5, 0.6) is 5.75 Å². The van der Waals surface area contributed by atoms with E-state index in [9.17, 15) is 4.39 Å². The molecule has 5 rings (SSSR count). The molecule has 1 saturated heterocycles. The number of likely N-dealkylation sites (tertiary alicyclic amines) is 1. The molecule has 154 valence electrons. The van der Waals surface area contributed by atoms with Gasteiger partial charge < -0.3 is 9.15 Å². The van der Waals surface area contributed by atoms with Gasteiger partial charge in [0.05, 0.1) is 29.1 Å². The number of halogens is 1. The fourth-order valence-electron chi connectivity index (χ4n) is 4.01. The van der Waals surface area contributed by atoms with Crippen molar-refractivity contribution in [3.63, 3.8) is 0 Å². The van der Waals surface area contributed by atoms with E-state index < -0.39 is 5.82 Å². The topological polar surface area (TPSA) is 51.4 Å². The van der Waals surface area contributed by atoms with Crippen LogP contribution in [0.25, 0.3) is 21.7 Å². The highest BCUT2D eigenvalue weighted by Crippen LogP contribution is 2.38. The lowest BCUT2D eigenvalue weighted by atomic mass is 10.2. The molecule has 0 bridgehead atoms. The first-order chi connectivity index (χ1) is 14.6. The number of thiazole rings is 1. The molecule has 3 heterocycles. The van der Waals surface area contributed by atoms with Gasteiger partial charge in [-0.25, -0.2) is 14.4 Å². The molecule has 2 aromatic carbocycles. The molecule has 1 atom stereocenters. The average molecular weight is 424 g/mol. The van der Waals surface area contributed by atoms with Crippen molar-refractivity contribution in [3.8, 4) is 17.2 Å². The number of ether oxygens (including phenoxy) is 1. The summed E-state index contributed by atoms with van der Waals surface area (Å²) < 4.78 is 26.0. The first kappa shape index (κ1) is 19.2. The first-order valence-corrected chi connectivity index (χ1v) is 10.8. The Morgan fingerprint density at radius 2 is 2.10 bits per heavy atom. The van der Waals surface area contributed by atoms with E-state index in [2.05, 4.69) is 23.1 Å². The summed E-state index contributed by atoms with van der Waals surface area (Å²) in [6.07, 6.45) is 2.23. The highest BCUT2D eigenvalue weighted by molar-refractivity contribution is 7.18. The third kappa shape index (κ3) is 3.48. The van der Waals surface area contributed by atoms with Crippen LogP contribution in [0.2, 0.25) is 0 Å². The molecule has 5 nitrogen and oxygen atoms in total. The number of para-hydroxylation sites is 1. The lowest BCUT2D eigenvalue weighted by Crippen LogP contribution is -2.23. The molecule has 1 aliphatic heterocycles. The number of aromatic nitrogens is 2. The van der Waals surface area contributed by atoms with Gasteiger partial charge in [-0.2, -0.15) is 0 Å². The van der Waals surface area contributed by atoms with Crippen molar-refractivity contribution in [2.45, 2.75) is 32.4 Å². The van der Waals surface area contributed by atoms with Crippen molar-refractivity contribution in [1.29, 1.82) is 0 Å². The molecule has 2 aromatic heterocycles. The van der Waals surface area contributed by atoms with E-state index in [-0.39, 0.29) is 5.75 Å². The van der Waals surface area contributed by atoms with Gasteiger partial charge in [-0.05, 0) is 56.6 Å². The van der Waals surface area contributed by atoms with Gasteiger partial charge in [-0.1, -0.05) is 12.1 Å². The molecular formula is C23H22FN3O2S. The van der Waals surface area contributed by atoms with Crippen molar-refractivity contribution in [2.75, 3.05) is 13.7 Å². The number of hydrogen-bond acceptors (Lipinski definition) is 6. The minimum Gasteiger partial charge on any atom is -0.494 e. The van der Waals surface area contributed by atoms with Crippen LogP contribution in [-0.4, -0.2) is 28.5 Å². The van der Waals surface area contributed by atoms with Gasteiger partial charge in [0.25, 0.3) is 0 Å². The second-order valence-electron chi connectivity index (χ2n) is 7.52. The number of fused-ring (bicyclic) bond motifs is 1. The number of hydrogen-bond donors (Lipinski definition) is 0. The summed E-state index contributed by atoms with van der Waals surface area (Å²) in [6, 6.07) is 13.2. The Labute approximate surface area is 178 Å². The van der Waals surface area contributed by atoms with Gasteiger partial charge in [-0.15, -0.1) is 11.3 Å². The third-order valence-electron chi connectivity index (χ3n) is 5.60. The van der Waals surface area contributed by atoms with Gasteiger partial charge in [-0.3, -0.25) is 4.90 Å². The Kier molecular flexibility index (Phi) is 5.00. The molecular weight excluding hydrogens is 401 g/mol. The largest absolute Gasteiger partial charge is 0.494 e. The highest BCUT2D eigenvalue weighted by atomic mass is 32.1. The first-order valence-electron chi connectivity index (χ1n) is 10.0. The van der Waals surface area contributed by atoms with Crippen LogP contribution in [0.4, 0.5) is 4.39 Å². The molecule has 1 fully saturated rings. The van der Waals surface area contributed by atoms with Crippen molar-refractivity contribution in [1.82, 2.24) is 14.9 Å². The molecule has 0 spiro atoms. The van der Waals surface area contributed by atoms with Crippen molar-refractivity contribution < 1.29 is 13.5 Å². The Morgan fingerprint density at radius 1 is 1.23 bits per heavy atom. The maximum absolute atomic E-state index is 13.7. The van der Waals surface area contributed by atoms with Crippen molar-refractivity contribution in [3.05, 3.63) is 64.7 Å². The second-order valence-corrected chi connectivity index (χ2v) is 8.58. The summed E-state index contributed by atoms with van der Waals surface area (Å²) >= 11 is 1.77.